The lowest BCUT2D eigenvalue weighted by Crippen LogP contribution is -2.13. The molecule has 7 heteroatoms. The van der Waals surface area contributed by atoms with E-state index in [1.165, 1.54) is 34.9 Å². The van der Waals surface area contributed by atoms with Crippen molar-refractivity contribution in [2.45, 2.75) is 0 Å². The highest BCUT2D eigenvalue weighted by Crippen LogP contribution is 2.24. The Bertz CT molecular complexity index is 572. The van der Waals surface area contributed by atoms with Crippen LogP contribution in [0.1, 0.15) is 10.5 Å². The summed E-state index contributed by atoms with van der Waals surface area (Å²) in [4.78, 5) is 15.6. The van der Waals surface area contributed by atoms with E-state index < -0.39 is 11.7 Å². The van der Waals surface area contributed by atoms with E-state index in [9.17, 15) is 9.18 Å². The molecule has 0 aliphatic heterocycles. The summed E-state index contributed by atoms with van der Waals surface area (Å²) in [5.74, 6) is -0.856. The number of amides is 1. The van der Waals surface area contributed by atoms with E-state index in [-0.39, 0.29) is 5.69 Å². The second-order valence-corrected chi connectivity index (χ2v) is 4.89. The molecule has 3 N–H and O–H groups in total. The summed E-state index contributed by atoms with van der Waals surface area (Å²) in [6.45, 7) is 0. The van der Waals surface area contributed by atoms with Gasteiger partial charge in [0.2, 0.25) is 0 Å². The fourth-order valence-corrected chi connectivity index (χ4v) is 2.06. The Kier molecular flexibility index (Phi) is 3.39. The zero-order valence-corrected chi connectivity index (χ0v) is 10.8. The lowest BCUT2D eigenvalue weighted by Gasteiger charge is -2.05. The second-order valence-electron chi connectivity index (χ2n) is 3.15. The van der Waals surface area contributed by atoms with Crippen molar-refractivity contribution in [3.05, 3.63) is 39.6 Å². The highest BCUT2D eigenvalue weighted by atomic mass is 79.9. The first-order valence-corrected chi connectivity index (χ1v) is 6.21. The molecule has 1 amide bonds. The highest BCUT2D eigenvalue weighted by molar-refractivity contribution is 9.10. The fourth-order valence-electron chi connectivity index (χ4n) is 1.17. The summed E-state index contributed by atoms with van der Waals surface area (Å²) in [7, 11) is 0. The first kappa shape index (κ1) is 12.0. The van der Waals surface area contributed by atoms with Crippen LogP contribution in [0, 0.1) is 5.82 Å². The number of nitrogens with zero attached hydrogens (tertiary/aromatic N) is 1. The van der Waals surface area contributed by atoms with E-state index in [4.69, 9.17) is 5.73 Å². The van der Waals surface area contributed by atoms with Gasteiger partial charge in [0.05, 0.1) is 5.69 Å². The molecule has 0 saturated carbocycles. The lowest BCUT2D eigenvalue weighted by molar-refractivity contribution is 0.102. The normalized spacial score (nSPS) is 10.2. The molecular formula is C10H7BrFN3OS. The van der Waals surface area contributed by atoms with Crippen molar-refractivity contribution < 1.29 is 9.18 Å². The average molecular weight is 316 g/mol. The van der Waals surface area contributed by atoms with E-state index in [1.807, 2.05) is 0 Å². The van der Waals surface area contributed by atoms with Gasteiger partial charge in [-0.05, 0) is 34.1 Å². The molecule has 0 fully saturated rings. The molecule has 4 nitrogen and oxygen atoms in total. The van der Waals surface area contributed by atoms with Crippen molar-refractivity contribution in [3.8, 4) is 0 Å². The van der Waals surface area contributed by atoms with E-state index in [1.54, 1.807) is 0 Å². The Labute approximate surface area is 109 Å². The zero-order valence-electron chi connectivity index (χ0n) is 8.41. The first-order valence-electron chi connectivity index (χ1n) is 4.53. The van der Waals surface area contributed by atoms with Crippen LogP contribution in [0.2, 0.25) is 0 Å². The minimum absolute atomic E-state index is 0.212. The van der Waals surface area contributed by atoms with Crippen molar-refractivity contribution in [1.82, 2.24) is 4.98 Å². The van der Waals surface area contributed by atoms with Crippen molar-refractivity contribution >= 4 is 44.0 Å². The van der Waals surface area contributed by atoms with E-state index in [0.29, 0.717) is 15.3 Å². The van der Waals surface area contributed by atoms with E-state index in [0.717, 1.165) is 0 Å². The molecule has 2 rings (SSSR count). The summed E-state index contributed by atoms with van der Waals surface area (Å²) in [6.07, 6.45) is 0. The maximum Gasteiger partial charge on any atom is 0.275 e. The molecule has 0 bridgehead atoms. The number of rotatable bonds is 2. The third kappa shape index (κ3) is 2.80. The molecule has 0 radical (unpaired) electrons. The molecule has 17 heavy (non-hydrogen) atoms. The molecule has 1 aromatic heterocycles. The van der Waals surface area contributed by atoms with Crippen LogP contribution in [0.25, 0.3) is 0 Å². The van der Waals surface area contributed by atoms with Gasteiger partial charge in [0, 0.05) is 9.85 Å². The third-order valence-electron chi connectivity index (χ3n) is 1.93. The van der Waals surface area contributed by atoms with Gasteiger partial charge in [0.15, 0.2) is 5.13 Å². The predicted octanol–water partition coefficient (Wildman–Crippen LogP) is 2.88. The Hall–Kier alpha value is -1.47. The summed E-state index contributed by atoms with van der Waals surface area (Å²) >= 11 is 4.38. The molecule has 1 heterocycles. The van der Waals surface area contributed by atoms with E-state index >= 15 is 0 Å². The predicted molar refractivity (Wildman–Crippen MR) is 68.6 cm³/mol. The minimum Gasteiger partial charge on any atom is -0.375 e. The Morgan fingerprint density at radius 1 is 1.53 bits per heavy atom. The molecule has 0 aliphatic carbocycles. The molecule has 2 aromatic rings. The number of thiazole rings is 1. The molecular weight excluding hydrogens is 309 g/mol. The van der Waals surface area contributed by atoms with Crippen LogP contribution < -0.4 is 11.1 Å². The summed E-state index contributed by atoms with van der Waals surface area (Å²) in [5.41, 5.74) is 5.98. The number of carbonyl (C=O) groups is 1. The standard InChI is InChI=1S/C10H7BrFN3OS/c11-6-2-1-5(12)3-7(6)14-9(16)8-4-17-10(13)15-8/h1-4H,(H2,13,15)(H,14,16). The molecule has 0 atom stereocenters. The zero-order chi connectivity index (χ0) is 12.4. The molecule has 0 spiro atoms. The van der Waals surface area contributed by atoms with Gasteiger partial charge in [-0.1, -0.05) is 0 Å². The summed E-state index contributed by atoms with van der Waals surface area (Å²) < 4.78 is 13.6. The fraction of sp³-hybridized carbons (Fsp3) is 0. The van der Waals surface area contributed by atoms with Crippen molar-refractivity contribution in [2.75, 3.05) is 11.1 Å². The van der Waals surface area contributed by atoms with Crippen LogP contribution in [-0.2, 0) is 0 Å². The van der Waals surface area contributed by atoms with Crippen LogP contribution in [0.5, 0.6) is 0 Å². The minimum atomic E-state index is -0.429. The Morgan fingerprint density at radius 2 is 2.29 bits per heavy atom. The van der Waals surface area contributed by atoms with Gasteiger partial charge in [-0.15, -0.1) is 11.3 Å². The number of hydrogen-bond acceptors (Lipinski definition) is 4. The van der Waals surface area contributed by atoms with E-state index in [2.05, 4.69) is 26.2 Å². The largest absolute Gasteiger partial charge is 0.375 e. The van der Waals surface area contributed by atoms with Gasteiger partial charge in [-0.2, -0.15) is 0 Å². The number of nitrogens with two attached hydrogens (primary N) is 1. The van der Waals surface area contributed by atoms with Crippen LogP contribution in [0.4, 0.5) is 15.2 Å². The van der Waals surface area contributed by atoms with Crippen molar-refractivity contribution in [2.24, 2.45) is 0 Å². The molecule has 1 aromatic carbocycles. The van der Waals surface area contributed by atoms with Gasteiger partial charge in [0.25, 0.3) is 5.91 Å². The first-order chi connectivity index (χ1) is 8.06. The van der Waals surface area contributed by atoms with Crippen molar-refractivity contribution in [3.63, 3.8) is 0 Å². The number of nitrogen functional groups attached to an aromatic ring is 1. The SMILES string of the molecule is Nc1nc(C(=O)Nc2cc(F)ccc2Br)cs1. The average Bonchev–Trinajstić information content (AvgIpc) is 2.70. The molecule has 0 aliphatic rings. The molecule has 0 unspecified atom stereocenters. The van der Waals surface area contributed by atoms with Gasteiger partial charge in [0.1, 0.15) is 11.5 Å². The van der Waals surface area contributed by atoms with Gasteiger partial charge in [-0.25, -0.2) is 9.37 Å². The van der Waals surface area contributed by atoms with Crippen LogP contribution in [-0.4, -0.2) is 10.9 Å². The van der Waals surface area contributed by atoms with Gasteiger partial charge >= 0.3 is 0 Å². The smallest absolute Gasteiger partial charge is 0.275 e. The van der Waals surface area contributed by atoms with Crippen LogP contribution >= 0.6 is 27.3 Å². The maximum absolute atomic E-state index is 13.0. The lowest BCUT2D eigenvalue weighted by atomic mass is 10.3. The highest BCUT2D eigenvalue weighted by Gasteiger charge is 2.11. The second kappa shape index (κ2) is 4.80. The number of halogens is 2. The van der Waals surface area contributed by atoms with Crippen LogP contribution in [0.15, 0.2) is 28.1 Å². The Morgan fingerprint density at radius 3 is 2.94 bits per heavy atom. The van der Waals surface area contributed by atoms with Gasteiger partial charge < -0.3 is 11.1 Å². The van der Waals surface area contributed by atoms with Crippen molar-refractivity contribution in [1.29, 1.82) is 0 Å². The Balaban J connectivity index is 2.21. The number of nitrogens with one attached hydrogen (secondary N) is 1. The van der Waals surface area contributed by atoms with Crippen LogP contribution in [0.3, 0.4) is 0 Å². The summed E-state index contributed by atoms with van der Waals surface area (Å²) in [6, 6.07) is 4.03. The van der Waals surface area contributed by atoms with Gasteiger partial charge in [-0.3, -0.25) is 4.79 Å². The number of aromatic nitrogens is 1. The monoisotopic (exact) mass is 315 g/mol. The summed E-state index contributed by atoms with van der Waals surface area (Å²) in [5, 5.41) is 4.40. The topological polar surface area (TPSA) is 68.0 Å². The molecule has 0 saturated heterocycles. The number of hydrogen-bond donors (Lipinski definition) is 2. The number of carbonyl (C=O) groups excluding carboxylic acids is 1. The quantitative estimate of drug-likeness (QED) is 0.895. The maximum atomic E-state index is 13.0. The molecule has 88 valence electrons. The number of benzene rings is 1. The number of anilines is 2. The third-order valence-corrected chi connectivity index (χ3v) is 3.30.